The van der Waals surface area contributed by atoms with Gasteiger partial charge in [0.15, 0.2) is 0 Å². The van der Waals surface area contributed by atoms with E-state index in [9.17, 15) is 4.79 Å². The summed E-state index contributed by atoms with van der Waals surface area (Å²) >= 11 is 0. The van der Waals surface area contributed by atoms with Crippen molar-refractivity contribution < 1.29 is 4.79 Å². The lowest BCUT2D eigenvalue weighted by atomic mass is 9.88. The maximum atomic E-state index is 11.5. The van der Waals surface area contributed by atoms with E-state index in [1.165, 1.54) is 5.56 Å². The third kappa shape index (κ3) is 5.48. The lowest BCUT2D eigenvalue weighted by Gasteiger charge is -2.16. The van der Waals surface area contributed by atoms with E-state index in [4.69, 9.17) is 0 Å². The van der Waals surface area contributed by atoms with Gasteiger partial charge in [-0.3, -0.25) is 4.79 Å². The molecule has 2 atom stereocenters. The number of rotatable bonds is 8. The standard InChI is InChI=1S/C17H26O/c1-4-8-17(15(3)18)12-11-14(2)13-16-9-6-5-7-10-16/h5-7,9-10,14,17H,4,8,11-13H2,1-3H3/t14-,17?/m1/s1. The summed E-state index contributed by atoms with van der Waals surface area (Å²) in [6, 6.07) is 10.6. The Morgan fingerprint density at radius 3 is 2.33 bits per heavy atom. The zero-order valence-corrected chi connectivity index (χ0v) is 12.0. The van der Waals surface area contributed by atoms with Gasteiger partial charge in [0, 0.05) is 5.92 Å². The maximum Gasteiger partial charge on any atom is 0.132 e. The van der Waals surface area contributed by atoms with Crippen molar-refractivity contribution in [2.75, 3.05) is 0 Å². The topological polar surface area (TPSA) is 17.1 Å². The molecule has 1 aromatic carbocycles. The molecular weight excluding hydrogens is 220 g/mol. The molecule has 0 aliphatic heterocycles. The molecule has 1 heteroatoms. The van der Waals surface area contributed by atoms with E-state index in [1.807, 2.05) is 0 Å². The van der Waals surface area contributed by atoms with Gasteiger partial charge in [-0.25, -0.2) is 0 Å². The maximum absolute atomic E-state index is 11.5. The minimum Gasteiger partial charge on any atom is -0.300 e. The van der Waals surface area contributed by atoms with Gasteiger partial charge in [0.25, 0.3) is 0 Å². The van der Waals surface area contributed by atoms with Crippen LogP contribution in [0.1, 0.15) is 52.0 Å². The van der Waals surface area contributed by atoms with Crippen LogP contribution in [0.4, 0.5) is 0 Å². The van der Waals surface area contributed by atoms with E-state index in [0.717, 1.165) is 32.1 Å². The minimum absolute atomic E-state index is 0.285. The van der Waals surface area contributed by atoms with Gasteiger partial charge in [-0.05, 0) is 44.1 Å². The highest BCUT2D eigenvalue weighted by atomic mass is 16.1. The average Bonchev–Trinajstić information content (AvgIpc) is 2.35. The van der Waals surface area contributed by atoms with E-state index < -0.39 is 0 Å². The lowest BCUT2D eigenvalue weighted by molar-refractivity contribution is -0.121. The Hall–Kier alpha value is -1.11. The number of ketones is 1. The van der Waals surface area contributed by atoms with Gasteiger partial charge in [-0.15, -0.1) is 0 Å². The van der Waals surface area contributed by atoms with Crippen LogP contribution in [0.15, 0.2) is 30.3 Å². The lowest BCUT2D eigenvalue weighted by Crippen LogP contribution is -2.12. The van der Waals surface area contributed by atoms with Crippen LogP contribution in [-0.2, 0) is 11.2 Å². The zero-order valence-electron chi connectivity index (χ0n) is 12.0. The summed E-state index contributed by atoms with van der Waals surface area (Å²) in [5, 5.41) is 0. The molecule has 0 fully saturated rings. The van der Waals surface area contributed by atoms with E-state index in [0.29, 0.717) is 11.7 Å². The molecule has 18 heavy (non-hydrogen) atoms. The molecule has 0 spiro atoms. The molecule has 0 heterocycles. The number of benzene rings is 1. The summed E-state index contributed by atoms with van der Waals surface area (Å²) in [6.45, 7) is 6.18. The highest BCUT2D eigenvalue weighted by Gasteiger charge is 2.14. The third-order valence-electron chi connectivity index (χ3n) is 3.65. The van der Waals surface area contributed by atoms with Crippen molar-refractivity contribution in [2.45, 2.75) is 52.9 Å². The second-order valence-electron chi connectivity index (χ2n) is 5.47. The Morgan fingerprint density at radius 1 is 1.11 bits per heavy atom. The summed E-state index contributed by atoms with van der Waals surface area (Å²) in [5.74, 6) is 1.31. The summed E-state index contributed by atoms with van der Waals surface area (Å²) < 4.78 is 0. The predicted octanol–water partition coefficient (Wildman–Crippen LogP) is 4.65. The van der Waals surface area contributed by atoms with Gasteiger partial charge in [0.2, 0.25) is 0 Å². The van der Waals surface area contributed by atoms with Crippen LogP contribution >= 0.6 is 0 Å². The first-order chi connectivity index (χ1) is 8.63. The fourth-order valence-corrected chi connectivity index (χ4v) is 2.50. The third-order valence-corrected chi connectivity index (χ3v) is 3.65. The number of carbonyl (C=O) groups is 1. The molecule has 0 aromatic heterocycles. The summed E-state index contributed by atoms with van der Waals surface area (Å²) in [6.07, 6.45) is 5.48. The fraction of sp³-hybridized carbons (Fsp3) is 0.588. The Morgan fingerprint density at radius 2 is 1.78 bits per heavy atom. The number of carbonyl (C=O) groups excluding carboxylic acids is 1. The summed E-state index contributed by atoms with van der Waals surface area (Å²) in [5.41, 5.74) is 1.40. The predicted molar refractivity (Wildman–Crippen MR) is 77.6 cm³/mol. The Labute approximate surface area is 112 Å². The quantitative estimate of drug-likeness (QED) is 0.652. The van der Waals surface area contributed by atoms with Crippen LogP contribution in [0.25, 0.3) is 0 Å². The monoisotopic (exact) mass is 246 g/mol. The van der Waals surface area contributed by atoms with Crippen LogP contribution < -0.4 is 0 Å². The molecule has 0 saturated heterocycles. The molecule has 0 N–H and O–H groups in total. The number of hydrogen-bond donors (Lipinski definition) is 0. The average molecular weight is 246 g/mol. The SMILES string of the molecule is CCCC(CC[C@@H](C)Cc1ccccc1)C(C)=O. The minimum atomic E-state index is 0.285. The zero-order chi connectivity index (χ0) is 13.4. The molecule has 1 nitrogen and oxygen atoms in total. The molecule has 0 radical (unpaired) electrons. The van der Waals surface area contributed by atoms with Gasteiger partial charge in [0.1, 0.15) is 5.78 Å². The first-order valence-corrected chi connectivity index (χ1v) is 7.17. The molecule has 100 valence electrons. The first-order valence-electron chi connectivity index (χ1n) is 7.17. The molecule has 1 aromatic rings. The van der Waals surface area contributed by atoms with E-state index in [2.05, 4.69) is 44.2 Å². The van der Waals surface area contributed by atoms with Crippen LogP contribution in [0.3, 0.4) is 0 Å². The number of Topliss-reactive ketones (excluding diaryl/α,β-unsaturated/α-hetero) is 1. The van der Waals surface area contributed by atoms with Crippen molar-refractivity contribution >= 4 is 5.78 Å². The van der Waals surface area contributed by atoms with Crippen LogP contribution in [0.2, 0.25) is 0 Å². The molecule has 1 rings (SSSR count). The normalized spacial score (nSPS) is 14.2. The fourth-order valence-electron chi connectivity index (χ4n) is 2.50. The second-order valence-corrected chi connectivity index (χ2v) is 5.47. The Balaban J connectivity index is 2.36. The highest BCUT2D eigenvalue weighted by Crippen LogP contribution is 2.20. The molecule has 1 unspecified atom stereocenters. The summed E-state index contributed by atoms with van der Waals surface area (Å²) in [7, 11) is 0. The van der Waals surface area contributed by atoms with Gasteiger partial charge in [-0.2, -0.15) is 0 Å². The van der Waals surface area contributed by atoms with Crippen molar-refractivity contribution in [1.29, 1.82) is 0 Å². The van der Waals surface area contributed by atoms with Gasteiger partial charge >= 0.3 is 0 Å². The summed E-state index contributed by atoms with van der Waals surface area (Å²) in [4.78, 5) is 11.5. The van der Waals surface area contributed by atoms with Gasteiger partial charge in [-0.1, -0.05) is 50.6 Å². The molecule has 0 aliphatic carbocycles. The van der Waals surface area contributed by atoms with Crippen LogP contribution in [0.5, 0.6) is 0 Å². The van der Waals surface area contributed by atoms with Gasteiger partial charge < -0.3 is 0 Å². The molecule has 0 amide bonds. The van der Waals surface area contributed by atoms with Crippen molar-refractivity contribution in [3.05, 3.63) is 35.9 Å². The molecule has 0 aliphatic rings. The van der Waals surface area contributed by atoms with Crippen molar-refractivity contribution in [3.8, 4) is 0 Å². The highest BCUT2D eigenvalue weighted by molar-refractivity contribution is 5.78. The van der Waals surface area contributed by atoms with E-state index in [1.54, 1.807) is 6.92 Å². The largest absolute Gasteiger partial charge is 0.300 e. The second kappa shape index (κ2) is 8.07. The molecule has 0 bridgehead atoms. The number of hydrogen-bond acceptors (Lipinski definition) is 1. The van der Waals surface area contributed by atoms with Crippen molar-refractivity contribution in [2.24, 2.45) is 11.8 Å². The van der Waals surface area contributed by atoms with E-state index >= 15 is 0 Å². The van der Waals surface area contributed by atoms with Crippen LogP contribution in [0, 0.1) is 11.8 Å². The molecular formula is C17H26O. The Kier molecular flexibility index (Phi) is 6.70. The smallest absolute Gasteiger partial charge is 0.132 e. The van der Waals surface area contributed by atoms with Crippen molar-refractivity contribution in [3.63, 3.8) is 0 Å². The van der Waals surface area contributed by atoms with Crippen LogP contribution in [-0.4, -0.2) is 5.78 Å². The van der Waals surface area contributed by atoms with Crippen molar-refractivity contribution in [1.82, 2.24) is 0 Å². The van der Waals surface area contributed by atoms with Gasteiger partial charge in [0.05, 0.1) is 0 Å². The Bertz CT molecular complexity index is 342. The van der Waals surface area contributed by atoms with E-state index in [-0.39, 0.29) is 5.92 Å². The first kappa shape index (κ1) is 14.9. The molecule has 0 saturated carbocycles.